The minimum Gasteiger partial charge on any atom is -0.339 e. The van der Waals surface area contributed by atoms with Crippen LogP contribution in [-0.2, 0) is 0 Å². The number of anilines is 3. The zero-order valence-corrected chi connectivity index (χ0v) is 15.7. The summed E-state index contributed by atoms with van der Waals surface area (Å²) in [6.07, 6.45) is 5.29. The number of urea groups is 1. The van der Waals surface area contributed by atoms with Crippen LogP contribution in [0.4, 0.5) is 22.0 Å². The Kier molecular flexibility index (Phi) is 5.72. The fraction of sp³-hybridized carbons (Fsp3) is 0.333. The molecule has 0 spiro atoms. The Balaban J connectivity index is 1.79. The molecule has 1 aliphatic heterocycles. The van der Waals surface area contributed by atoms with Crippen molar-refractivity contribution in [2.45, 2.75) is 24.9 Å². The van der Waals surface area contributed by atoms with E-state index >= 15 is 0 Å². The molecule has 1 aromatic carbocycles. The number of aryl methyl sites for hydroxylation is 1. The van der Waals surface area contributed by atoms with Crippen LogP contribution in [-0.4, -0.2) is 46.5 Å². The van der Waals surface area contributed by atoms with Gasteiger partial charge in [-0.1, -0.05) is 17.8 Å². The fourth-order valence-corrected chi connectivity index (χ4v) is 3.26. The van der Waals surface area contributed by atoms with E-state index in [2.05, 4.69) is 20.6 Å². The van der Waals surface area contributed by atoms with Gasteiger partial charge in [0.2, 0.25) is 0 Å². The Morgan fingerprint density at radius 2 is 2.00 bits per heavy atom. The quantitative estimate of drug-likeness (QED) is 0.422. The summed E-state index contributed by atoms with van der Waals surface area (Å²) >= 11 is 1.45. The number of benzene rings is 1. The molecule has 136 valence electrons. The second-order valence-electron chi connectivity index (χ2n) is 6.03. The van der Waals surface area contributed by atoms with Gasteiger partial charge in [-0.15, -0.1) is 0 Å². The number of aromatic nitrogens is 2. The average molecular weight is 370 g/mol. The summed E-state index contributed by atoms with van der Waals surface area (Å²) in [4.78, 5) is 22.9. The first kappa shape index (κ1) is 18.2. The monoisotopic (exact) mass is 370 g/mol. The molecular formula is C18H22N6OS. The van der Waals surface area contributed by atoms with Crippen LogP contribution in [0.25, 0.3) is 0 Å². The van der Waals surface area contributed by atoms with Gasteiger partial charge in [0.1, 0.15) is 5.82 Å². The van der Waals surface area contributed by atoms with Gasteiger partial charge in [0.25, 0.3) is 0 Å². The number of carbonyl (C=O) groups excluding carboxylic acids is 1. The summed E-state index contributed by atoms with van der Waals surface area (Å²) in [7, 11) is 0. The highest BCUT2D eigenvalue weighted by Gasteiger charge is 2.18. The van der Waals surface area contributed by atoms with E-state index in [1.165, 1.54) is 18.0 Å². The van der Waals surface area contributed by atoms with Gasteiger partial charge in [0.05, 0.1) is 11.3 Å². The predicted octanol–water partition coefficient (Wildman–Crippen LogP) is 3.88. The van der Waals surface area contributed by atoms with Crippen LogP contribution in [0.1, 0.15) is 24.1 Å². The molecule has 1 aliphatic rings. The first-order valence-electron chi connectivity index (χ1n) is 8.47. The summed E-state index contributed by atoms with van der Waals surface area (Å²) in [5.74, 6) is 0.583. The number of hydrogen-bond donors (Lipinski definition) is 3. The van der Waals surface area contributed by atoms with Gasteiger partial charge in [0.15, 0.2) is 5.16 Å². The summed E-state index contributed by atoms with van der Waals surface area (Å²) in [5, 5.41) is 14.5. The van der Waals surface area contributed by atoms with Crippen molar-refractivity contribution >= 4 is 41.2 Å². The molecule has 1 aromatic heterocycles. The first-order chi connectivity index (χ1) is 12.6. The molecule has 2 amide bonds. The van der Waals surface area contributed by atoms with Crippen LogP contribution in [0.3, 0.4) is 0 Å². The van der Waals surface area contributed by atoms with Crippen molar-refractivity contribution in [3.8, 4) is 0 Å². The van der Waals surface area contributed by atoms with Crippen molar-refractivity contribution in [1.82, 2.24) is 14.9 Å². The SMILES string of the molecule is CSc1nc(C)c(C=N)c(Nc2cccc(NC(=O)N3CCCC3)c2)n1. The van der Waals surface area contributed by atoms with Crippen LogP contribution >= 0.6 is 11.8 Å². The normalized spacial score (nSPS) is 13.5. The minimum absolute atomic E-state index is 0.0672. The van der Waals surface area contributed by atoms with Gasteiger partial charge in [-0.05, 0) is 44.2 Å². The van der Waals surface area contributed by atoms with E-state index in [4.69, 9.17) is 5.41 Å². The number of likely N-dealkylation sites (tertiary alicyclic amines) is 1. The molecule has 8 heteroatoms. The highest BCUT2D eigenvalue weighted by molar-refractivity contribution is 7.98. The van der Waals surface area contributed by atoms with E-state index in [-0.39, 0.29) is 6.03 Å². The molecule has 0 atom stereocenters. The topological polar surface area (TPSA) is 94.0 Å². The maximum absolute atomic E-state index is 12.3. The van der Waals surface area contributed by atoms with E-state index in [0.29, 0.717) is 16.5 Å². The third-order valence-electron chi connectivity index (χ3n) is 4.21. The van der Waals surface area contributed by atoms with Crippen LogP contribution in [0, 0.1) is 12.3 Å². The Bertz CT molecular complexity index is 819. The number of rotatable bonds is 5. The van der Waals surface area contributed by atoms with Crippen molar-refractivity contribution in [3.05, 3.63) is 35.5 Å². The maximum atomic E-state index is 12.3. The highest BCUT2D eigenvalue weighted by atomic mass is 32.2. The molecule has 0 unspecified atom stereocenters. The lowest BCUT2D eigenvalue weighted by atomic mass is 10.2. The smallest absolute Gasteiger partial charge is 0.321 e. The van der Waals surface area contributed by atoms with E-state index in [0.717, 1.165) is 43.0 Å². The van der Waals surface area contributed by atoms with Crippen molar-refractivity contribution in [2.75, 3.05) is 30.0 Å². The standard InChI is InChI=1S/C18H22N6OS/c1-12-15(11-19)16(23-17(20-12)26-2)21-13-6-5-7-14(10-13)22-18(25)24-8-3-4-9-24/h5-7,10-11,19H,3-4,8-9H2,1-2H3,(H,22,25)(H,20,21,23). The number of carbonyl (C=O) groups is 1. The summed E-state index contributed by atoms with van der Waals surface area (Å²) in [5.41, 5.74) is 2.91. The summed E-state index contributed by atoms with van der Waals surface area (Å²) < 4.78 is 0. The van der Waals surface area contributed by atoms with Crippen molar-refractivity contribution in [2.24, 2.45) is 0 Å². The lowest BCUT2D eigenvalue weighted by Crippen LogP contribution is -2.32. The lowest BCUT2D eigenvalue weighted by molar-refractivity contribution is 0.222. The van der Waals surface area contributed by atoms with Crippen LogP contribution in [0.2, 0.25) is 0 Å². The van der Waals surface area contributed by atoms with Gasteiger partial charge < -0.3 is 20.9 Å². The van der Waals surface area contributed by atoms with E-state index < -0.39 is 0 Å². The van der Waals surface area contributed by atoms with E-state index in [1.807, 2.05) is 42.3 Å². The molecule has 7 nitrogen and oxygen atoms in total. The number of thioether (sulfide) groups is 1. The lowest BCUT2D eigenvalue weighted by Gasteiger charge is -2.17. The third kappa shape index (κ3) is 4.13. The zero-order valence-electron chi connectivity index (χ0n) is 14.9. The van der Waals surface area contributed by atoms with Gasteiger partial charge in [-0.25, -0.2) is 14.8 Å². The zero-order chi connectivity index (χ0) is 18.5. The molecule has 26 heavy (non-hydrogen) atoms. The summed E-state index contributed by atoms with van der Waals surface area (Å²) in [6.45, 7) is 3.48. The Hall–Kier alpha value is -2.61. The van der Waals surface area contributed by atoms with E-state index in [9.17, 15) is 4.79 Å². The van der Waals surface area contributed by atoms with Crippen molar-refractivity contribution in [1.29, 1.82) is 5.41 Å². The fourth-order valence-electron chi connectivity index (χ4n) is 2.85. The maximum Gasteiger partial charge on any atom is 0.321 e. The highest BCUT2D eigenvalue weighted by Crippen LogP contribution is 2.24. The van der Waals surface area contributed by atoms with Crippen molar-refractivity contribution in [3.63, 3.8) is 0 Å². The molecule has 3 N–H and O–H groups in total. The number of amides is 2. The van der Waals surface area contributed by atoms with Gasteiger partial charge in [-0.2, -0.15) is 0 Å². The summed E-state index contributed by atoms with van der Waals surface area (Å²) in [6, 6.07) is 7.42. The largest absolute Gasteiger partial charge is 0.339 e. The Labute approximate surface area is 157 Å². The van der Waals surface area contributed by atoms with Gasteiger partial charge in [-0.3, -0.25) is 0 Å². The molecule has 2 heterocycles. The number of nitrogens with zero attached hydrogens (tertiary/aromatic N) is 3. The predicted molar refractivity (Wildman–Crippen MR) is 106 cm³/mol. The Morgan fingerprint density at radius 3 is 2.69 bits per heavy atom. The molecule has 1 fully saturated rings. The van der Waals surface area contributed by atoms with Crippen LogP contribution in [0.5, 0.6) is 0 Å². The molecular weight excluding hydrogens is 348 g/mol. The molecule has 3 rings (SSSR count). The Morgan fingerprint density at radius 1 is 1.27 bits per heavy atom. The molecule has 1 saturated heterocycles. The van der Waals surface area contributed by atoms with Crippen LogP contribution in [0.15, 0.2) is 29.4 Å². The third-order valence-corrected chi connectivity index (χ3v) is 4.76. The van der Waals surface area contributed by atoms with Gasteiger partial charge in [0, 0.05) is 30.7 Å². The van der Waals surface area contributed by atoms with Gasteiger partial charge >= 0.3 is 6.03 Å². The molecule has 2 aromatic rings. The molecule has 0 bridgehead atoms. The minimum atomic E-state index is -0.0672. The number of hydrogen-bond acceptors (Lipinski definition) is 6. The van der Waals surface area contributed by atoms with Crippen molar-refractivity contribution < 1.29 is 4.79 Å². The number of nitrogens with one attached hydrogen (secondary N) is 3. The van der Waals surface area contributed by atoms with E-state index in [1.54, 1.807) is 0 Å². The van der Waals surface area contributed by atoms with Crippen LogP contribution < -0.4 is 10.6 Å². The molecule has 0 saturated carbocycles. The second-order valence-corrected chi connectivity index (χ2v) is 6.81. The molecule has 0 radical (unpaired) electrons. The average Bonchev–Trinajstić information content (AvgIpc) is 3.16. The second kappa shape index (κ2) is 8.18. The molecule has 0 aliphatic carbocycles. The first-order valence-corrected chi connectivity index (χ1v) is 9.69.